The first-order valence-electron chi connectivity index (χ1n) is 9.54. The molecule has 7 heteroatoms. The first-order chi connectivity index (χ1) is 13.6. The molecular formula is C21H23N3O2S2. The van der Waals surface area contributed by atoms with Crippen LogP contribution in [-0.2, 0) is 4.79 Å². The zero-order valence-electron chi connectivity index (χ0n) is 15.7. The number of rotatable bonds is 5. The number of carbonyl (C=O) groups is 2. The summed E-state index contributed by atoms with van der Waals surface area (Å²) in [4.78, 5) is 26.6. The lowest BCUT2D eigenvalue weighted by Crippen LogP contribution is -2.26. The largest absolute Gasteiger partial charge is 0.324 e. The SMILES string of the molecule is CC1Sc2ccc(C(=O)Nc3ccc(SNC4CCCC4)cc3)cc2NC1=O. The number of amides is 2. The minimum atomic E-state index is -0.190. The Labute approximate surface area is 173 Å². The average molecular weight is 414 g/mol. The highest BCUT2D eigenvalue weighted by atomic mass is 32.2. The maximum absolute atomic E-state index is 12.6. The highest BCUT2D eigenvalue weighted by Gasteiger charge is 2.23. The third-order valence-corrected chi connectivity index (χ3v) is 7.12. The van der Waals surface area contributed by atoms with Crippen LogP contribution in [0.4, 0.5) is 11.4 Å². The standard InChI is InChI=1S/C21H23N3O2S2/c1-13-20(25)23-18-12-14(6-11-19(18)27-13)21(26)22-15-7-9-17(10-8-15)28-24-16-4-2-3-5-16/h6-13,16,24H,2-5H2,1H3,(H,22,26)(H,23,25). The van der Waals surface area contributed by atoms with Crippen LogP contribution in [0.25, 0.3) is 0 Å². The van der Waals surface area contributed by atoms with E-state index < -0.39 is 0 Å². The minimum Gasteiger partial charge on any atom is -0.324 e. The van der Waals surface area contributed by atoms with Crippen LogP contribution in [0.2, 0.25) is 0 Å². The summed E-state index contributed by atoms with van der Waals surface area (Å²) in [5, 5.41) is 5.67. The maximum Gasteiger partial charge on any atom is 0.255 e. The Morgan fingerprint density at radius 1 is 1.14 bits per heavy atom. The molecule has 0 spiro atoms. The first kappa shape index (κ1) is 19.4. The molecule has 2 amide bonds. The van der Waals surface area contributed by atoms with Gasteiger partial charge in [-0.2, -0.15) is 0 Å². The van der Waals surface area contributed by atoms with Gasteiger partial charge in [0, 0.05) is 27.1 Å². The zero-order chi connectivity index (χ0) is 19.5. The van der Waals surface area contributed by atoms with Crippen LogP contribution in [0.15, 0.2) is 52.3 Å². The molecule has 1 atom stereocenters. The molecule has 2 aromatic rings. The molecular weight excluding hydrogens is 390 g/mol. The Morgan fingerprint density at radius 3 is 2.64 bits per heavy atom. The van der Waals surface area contributed by atoms with Crippen LogP contribution in [0, 0.1) is 0 Å². The molecule has 3 N–H and O–H groups in total. The number of anilines is 2. The Balaban J connectivity index is 1.37. The van der Waals surface area contributed by atoms with E-state index in [9.17, 15) is 9.59 Å². The van der Waals surface area contributed by atoms with Crippen LogP contribution in [0.3, 0.4) is 0 Å². The van der Waals surface area contributed by atoms with Crippen LogP contribution >= 0.6 is 23.7 Å². The average Bonchev–Trinajstić information content (AvgIpc) is 3.21. The van der Waals surface area contributed by atoms with Crippen LogP contribution in [0.1, 0.15) is 43.0 Å². The van der Waals surface area contributed by atoms with Gasteiger partial charge in [-0.1, -0.05) is 12.8 Å². The normalized spacial score (nSPS) is 19.2. The second-order valence-electron chi connectivity index (χ2n) is 7.14. The van der Waals surface area contributed by atoms with E-state index in [1.807, 2.05) is 37.3 Å². The van der Waals surface area contributed by atoms with Crippen molar-refractivity contribution in [1.29, 1.82) is 0 Å². The number of carbonyl (C=O) groups excluding carboxylic acids is 2. The van der Waals surface area contributed by atoms with Gasteiger partial charge in [0.1, 0.15) is 0 Å². The highest BCUT2D eigenvalue weighted by molar-refractivity contribution is 8.01. The van der Waals surface area contributed by atoms with Gasteiger partial charge in [-0.3, -0.25) is 14.3 Å². The molecule has 1 aliphatic carbocycles. The first-order valence-corrected chi connectivity index (χ1v) is 11.2. The number of fused-ring (bicyclic) bond motifs is 1. The fourth-order valence-electron chi connectivity index (χ4n) is 3.35. The van der Waals surface area contributed by atoms with Gasteiger partial charge in [0.25, 0.3) is 5.91 Å². The smallest absolute Gasteiger partial charge is 0.255 e. The Morgan fingerprint density at radius 2 is 1.89 bits per heavy atom. The number of benzene rings is 2. The Hall–Kier alpha value is -1.96. The van der Waals surface area contributed by atoms with Gasteiger partial charge in [-0.25, -0.2) is 0 Å². The van der Waals surface area contributed by atoms with Crippen LogP contribution in [-0.4, -0.2) is 23.1 Å². The lowest BCUT2D eigenvalue weighted by Gasteiger charge is -2.21. The molecule has 28 heavy (non-hydrogen) atoms. The van der Waals surface area contributed by atoms with Crippen molar-refractivity contribution in [3.8, 4) is 0 Å². The van der Waals surface area contributed by atoms with E-state index in [1.54, 1.807) is 24.1 Å². The van der Waals surface area contributed by atoms with Gasteiger partial charge in [0.15, 0.2) is 0 Å². The number of nitrogens with one attached hydrogen (secondary N) is 3. The third-order valence-electron chi connectivity index (χ3n) is 4.98. The molecule has 0 saturated heterocycles. The summed E-state index contributed by atoms with van der Waals surface area (Å²) in [5.74, 6) is -0.223. The van der Waals surface area contributed by atoms with Gasteiger partial charge in [0.05, 0.1) is 10.9 Å². The molecule has 1 saturated carbocycles. The van der Waals surface area contributed by atoms with Crippen LogP contribution < -0.4 is 15.4 Å². The van der Waals surface area contributed by atoms with Gasteiger partial charge < -0.3 is 10.6 Å². The molecule has 2 aliphatic rings. The van der Waals surface area contributed by atoms with Gasteiger partial charge >= 0.3 is 0 Å². The van der Waals surface area contributed by atoms with Crippen molar-refractivity contribution in [3.05, 3.63) is 48.0 Å². The summed E-state index contributed by atoms with van der Waals surface area (Å²) >= 11 is 3.16. The van der Waals surface area contributed by atoms with E-state index >= 15 is 0 Å². The monoisotopic (exact) mass is 413 g/mol. The van der Waals surface area contributed by atoms with Gasteiger partial charge in [0.2, 0.25) is 5.91 Å². The van der Waals surface area contributed by atoms with Crippen molar-refractivity contribution in [2.45, 2.75) is 53.7 Å². The summed E-state index contributed by atoms with van der Waals surface area (Å²) in [6, 6.07) is 13.9. The highest BCUT2D eigenvalue weighted by Crippen LogP contribution is 2.36. The van der Waals surface area contributed by atoms with E-state index in [-0.39, 0.29) is 17.1 Å². The number of hydrogen-bond acceptors (Lipinski definition) is 5. The third kappa shape index (κ3) is 4.54. The quantitative estimate of drug-likeness (QED) is 0.608. The van der Waals surface area contributed by atoms with E-state index in [0.717, 1.165) is 15.5 Å². The predicted molar refractivity (Wildman–Crippen MR) is 116 cm³/mol. The minimum absolute atomic E-state index is 0.0330. The fourth-order valence-corrected chi connectivity index (χ4v) is 5.10. The molecule has 146 valence electrons. The topological polar surface area (TPSA) is 70.2 Å². The van der Waals surface area contributed by atoms with E-state index in [4.69, 9.17) is 0 Å². The molecule has 1 heterocycles. The van der Waals surface area contributed by atoms with Crippen molar-refractivity contribution in [2.75, 3.05) is 10.6 Å². The molecule has 0 bridgehead atoms. The summed E-state index contributed by atoms with van der Waals surface area (Å²) in [6.07, 6.45) is 5.13. The lowest BCUT2D eigenvalue weighted by molar-refractivity contribution is -0.115. The molecule has 1 unspecified atom stereocenters. The molecule has 1 fully saturated rings. The summed E-state index contributed by atoms with van der Waals surface area (Å²) in [6.45, 7) is 1.87. The van der Waals surface area contributed by atoms with E-state index in [0.29, 0.717) is 17.3 Å². The zero-order valence-corrected chi connectivity index (χ0v) is 17.3. The van der Waals surface area contributed by atoms with Crippen molar-refractivity contribution < 1.29 is 9.59 Å². The molecule has 5 nitrogen and oxygen atoms in total. The Kier molecular flexibility index (Phi) is 5.94. The van der Waals surface area contributed by atoms with Crippen molar-refractivity contribution >= 4 is 46.9 Å². The van der Waals surface area contributed by atoms with Crippen molar-refractivity contribution in [2.24, 2.45) is 0 Å². The predicted octanol–water partition coefficient (Wildman–Crippen LogP) is 4.91. The van der Waals surface area contributed by atoms with Gasteiger partial charge in [-0.05, 0) is 74.2 Å². The molecule has 0 radical (unpaired) electrons. The van der Waals surface area contributed by atoms with Crippen LogP contribution in [0.5, 0.6) is 0 Å². The summed E-state index contributed by atoms with van der Waals surface area (Å²) in [5.41, 5.74) is 1.97. The van der Waals surface area contributed by atoms with E-state index in [2.05, 4.69) is 15.4 Å². The van der Waals surface area contributed by atoms with Crippen molar-refractivity contribution in [3.63, 3.8) is 0 Å². The lowest BCUT2D eigenvalue weighted by atomic mass is 10.1. The molecule has 4 rings (SSSR count). The summed E-state index contributed by atoms with van der Waals surface area (Å²) < 4.78 is 3.51. The number of thioether (sulfide) groups is 1. The van der Waals surface area contributed by atoms with Gasteiger partial charge in [-0.15, -0.1) is 11.8 Å². The Bertz CT molecular complexity index is 880. The molecule has 2 aromatic carbocycles. The number of hydrogen-bond donors (Lipinski definition) is 3. The fraction of sp³-hybridized carbons (Fsp3) is 0.333. The maximum atomic E-state index is 12.6. The second kappa shape index (κ2) is 8.59. The molecule has 1 aliphatic heterocycles. The second-order valence-corrected chi connectivity index (χ2v) is 9.43. The summed E-state index contributed by atoms with van der Waals surface area (Å²) in [7, 11) is 0. The molecule has 0 aromatic heterocycles. The van der Waals surface area contributed by atoms with Crippen molar-refractivity contribution in [1.82, 2.24) is 4.72 Å². The van der Waals surface area contributed by atoms with E-state index in [1.165, 1.54) is 37.4 Å².